The molecular formula is C15H20ClN5O2S. The molecule has 1 saturated heterocycles. The van der Waals surface area contributed by atoms with Crippen LogP contribution < -0.4 is 0 Å². The Morgan fingerprint density at radius 3 is 2.75 bits per heavy atom. The lowest BCUT2D eigenvalue weighted by Crippen LogP contribution is -2.32. The van der Waals surface area contributed by atoms with Crippen LogP contribution in [0.25, 0.3) is 11.4 Å². The molecule has 0 spiro atoms. The molecule has 1 N–H and O–H groups in total. The Hall–Kier alpha value is -1.51. The van der Waals surface area contributed by atoms with Crippen molar-refractivity contribution in [3.63, 3.8) is 0 Å². The third-order valence-corrected chi connectivity index (χ3v) is 6.69. The predicted octanol–water partition coefficient (Wildman–Crippen LogP) is 2.72. The van der Waals surface area contributed by atoms with E-state index in [0.29, 0.717) is 23.7 Å². The monoisotopic (exact) mass is 369 g/mol. The van der Waals surface area contributed by atoms with Crippen molar-refractivity contribution in [1.29, 1.82) is 0 Å². The van der Waals surface area contributed by atoms with Crippen molar-refractivity contribution in [3.8, 4) is 11.4 Å². The van der Waals surface area contributed by atoms with E-state index in [1.54, 1.807) is 10.4 Å². The zero-order valence-electron chi connectivity index (χ0n) is 13.7. The van der Waals surface area contributed by atoms with Gasteiger partial charge < -0.3 is 0 Å². The Bertz CT molecular complexity index is 820. The Morgan fingerprint density at radius 2 is 2.04 bits per heavy atom. The fourth-order valence-electron chi connectivity index (χ4n) is 2.90. The second-order valence-electron chi connectivity index (χ2n) is 6.80. The average Bonchev–Trinajstić information content (AvgIpc) is 2.98. The molecule has 2 aromatic rings. The van der Waals surface area contributed by atoms with E-state index in [9.17, 15) is 8.42 Å². The number of hydrogen-bond acceptors (Lipinski definition) is 5. The van der Waals surface area contributed by atoms with Crippen LogP contribution in [-0.2, 0) is 10.0 Å². The summed E-state index contributed by atoms with van der Waals surface area (Å²) in [5, 5.41) is 14.0. The molecule has 130 valence electrons. The van der Waals surface area contributed by atoms with E-state index in [1.165, 1.54) is 12.1 Å². The number of halogens is 1. The quantitative estimate of drug-likeness (QED) is 0.897. The van der Waals surface area contributed by atoms with Gasteiger partial charge >= 0.3 is 0 Å². The minimum Gasteiger partial charge on any atom is -0.207 e. The van der Waals surface area contributed by atoms with Crippen LogP contribution >= 0.6 is 11.6 Å². The first-order chi connectivity index (χ1) is 11.3. The third kappa shape index (κ3) is 3.45. The van der Waals surface area contributed by atoms with Crippen LogP contribution in [0.5, 0.6) is 0 Å². The summed E-state index contributed by atoms with van der Waals surface area (Å²) < 4.78 is 27.6. The molecule has 0 atom stereocenters. The summed E-state index contributed by atoms with van der Waals surface area (Å²) in [6.45, 7) is 5.42. The van der Waals surface area contributed by atoms with Gasteiger partial charge in [0.05, 0.1) is 9.92 Å². The number of H-pyrrole nitrogens is 1. The molecule has 1 aliphatic heterocycles. The second kappa shape index (κ2) is 6.42. The van der Waals surface area contributed by atoms with E-state index >= 15 is 0 Å². The standard InChI is InChI=1S/C15H20ClN5O2S/c1-15(2)6-3-8-21(9-7-15)24(22,23)11-4-5-13(16)12(10-11)14-17-19-20-18-14/h4-5,10H,3,6-9H2,1-2H3,(H,17,18,19,20). The SMILES string of the molecule is CC1(C)CCCN(S(=O)(=O)c2ccc(Cl)c(-c3nn[nH]n3)c2)CC1. The summed E-state index contributed by atoms with van der Waals surface area (Å²) >= 11 is 6.16. The zero-order valence-corrected chi connectivity index (χ0v) is 15.2. The van der Waals surface area contributed by atoms with Gasteiger partial charge in [-0.15, -0.1) is 10.2 Å². The molecular weight excluding hydrogens is 350 g/mol. The average molecular weight is 370 g/mol. The highest BCUT2D eigenvalue weighted by molar-refractivity contribution is 7.89. The minimum absolute atomic E-state index is 0.167. The van der Waals surface area contributed by atoms with Crippen molar-refractivity contribution in [3.05, 3.63) is 23.2 Å². The number of tetrazole rings is 1. The van der Waals surface area contributed by atoms with Crippen molar-refractivity contribution in [2.75, 3.05) is 13.1 Å². The smallest absolute Gasteiger partial charge is 0.207 e. The van der Waals surface area contributed by atoms with Crippen molar-refractivity contribution in [2.45, 2.75) is 38.0 Å². The summed E-state index contributed by atoms with van der Waals surface area (Å²) in [5.41, 5.74) is 0.613. The van der Waals surface area contributed by atoms with Gasteiger partial charge in [-0.1, -0.05) is 25.4 Å². The zero-order chi connectivity index (χ0) is 17.4. The molecule has 0 unspecified atom stereocenters. The summed E-state index contributed by atoms with van der Waals surface area (Å²) in [4.78, 5) is 0.200. The molecule has 0 bridgehead atoms. The van der Waals surface area contributed by atoms with E-state index in [1.807, 2.05) is 0 Å². The molecule has 0 saturated carbocycles. The van der Waals surface area contributed by atoms with Crippen LogP contribution in [0.15, 0.2) is 23.1 Å². The Labute approximate surface area is 146 Å². The maximum Gasteiger partial charge on any atom is 0.243 e. The molecule has 9 heteroatoms. The summed E-state index contributed by atoms with van der Waals surface area (Å²) in [5.74, 6) is 0.272. The number of aromatic nitrogens is 4. The van der Waals surface area contributed by atoms with E-state index in [0.717, 1.165) is 19.3 Å². The van der Waals surface area contributed by atoms with Crippen LogP contribution in [0.4, 0.5) is 0 Å². The summed E-state index contributed by atoms with van der Waals surface area (Å²) in [6.07, 6.45) is 2.72. The number of hydrogen-bond donors (Lipinski definition) is 1. The van der Waals surface area contributed by atoms with Crippen molar-refractivity contribution < 1.29 is 8.42 Å². The van der Waals surface area contributed by atoms with Gasteiger partial charge in [0.15, 0.2) is 0 Å². The van der Waals surface area contributed by atoms with Crippen LogP contribution in [0.3, 0.4) is 0 Å². The minimum atomic E-state index is -3.58. The number of benzene rings is 1. The molecule has 0 radical (unpaired) electrons. The van der Waals surface area contributed by atoms with Gasteiger partial charge in [0.25, 0.3) is 0 Å². The highest BCUT2D eigenvalue weighted by Gasteiger charge is 2.31. The lowest BCUT2D eigenvalue weighted by molar-refractivity contribution is 0.315. The summed E-state index contributed by atoms with van der Waals surface area (Å²) in [6, 6.07) is 4.59. The van der Waals surface area contributed by atoms with Crippen LogP contribution in [0.2, 0.25) is 5.02 Å². The molecule has 1 aliphatic rings. The predicted molar refractivity (Wildman–Crippen MR) is 91.0 cm³/mol. The maximum absolute atomic E-state index is 13.0. The van der Waals surface area contributed by atoms with Crippen molar-refractivity contribution >= 4 is 21.6 Å². The van der Waals surface area contributed by atoms with Gasteiger partial charge in [-0.3, -0.25) is 0 Å². The highest BCUT2D eigenvalue weighted by Crippen LogP contribution is 2.33. The molecule has 2 heterocycles. The normalized spacial score (nSPS) is 19.1. The van der Waals surface area contributed by atoms with Gasteiger partial charge in [0.1, 0.15) is 0 Å². The van der Waals surface area contributed by atoms with E-state index < -0.39 is 10.0 Å². The molecule has 24 heavy (non-hydrogen) atoms. The molecule has 0 amide bonds. The number of nitrogens with one attached hydrogen (secondary N) is 1. The van der Waals surface area contributed by atoms with Crippen LogP contribution in [0, 0.1) is 5.41 Å². The van der Waals surface area contributed by atoms with Crippen molar-refractivity contribution in [2.24, 2.45) is 5.41 Å². The first-order valence-electron chi connectivity index (χ1n) is 7.83. The molecule has 7 nitrogen and oxygen atoms in total. The topological polar surface area (TPSA) is 91.8 Å². The fourth-order valence-corrected chi connectivity index (χ4v) is 4.61. The number of aromatic amines is 1. The van der Waals surface area contributed by atoms with Crippen molar-refractivity contribution in [1.82, 2.24) is 24.9 Å². The first-order valence-corrected chi connectivity index (χ1v) is 9.65. The van der Waals surface area contributed by atoms with Crippen LogP contribution in [-0.4, -0.2) is 46.4 Å². The fraction of sp³-hybridized carbons (Fsp3) is 0.533. The lowest BCUT2D eigenvalue weighted by Gasteiger charge is -2.23. The van der Waals surface area contributed by atoms with Crippen LogP contribution in [0.1, 0.15) is 33.1 Å². The maximum atomic E-state index is 13.0. The molecule has 1 aromatic heterocycles. The Balaban J connectivity index is 1.94. The van der Waals surface area contributed by atoms with Gasteiger partial charge in [-0.05, 0) is 48.1 Å². The molecule has 1 fully saturated rings. The van der Waals surface area contributed by atoms with E-state index in [-0.39, 0.29) is 16.1 Å². The Morgan fingerprint density at radius 1 is 1.25 bits per heavy atom. The summed E-state index contributed by atoms with van der Waals surface area (Å²) in [7, 11) is -3.58. The largest absolute Gasteiger partial charge is 0.243 e. The highest BCUT2D eigenvalue weighted by atomic mass is 35.5. The van der Waals surface area contributed by atoms with Gasteiger partial charge in [-0.25, -0.2) is 8.42 Å². The lowest BCUT2D eigenvalue weighted by atomic mass is 9.85. The number of rotatable bonds is 3. The van der Waals surface area contributed by atoms with Gasteiger partial charge in [0.2, 0.25) is 15.8 Å². The molecule has 1 aromatic carbocycles. The molecule has 0 aliphatic carbocycles. The third-order valence-electron chi connectivity index (χ3n) is 4.46. The van der Waals surface area contributed by atoms with E-state index in [2.05, 4.69) is 34.5 Å². The van der Waals surface area contributed by atoms with E-state index in [4.69, 9.17) is 11.6 Å². The molecule has 3 rings (SSSR count). The first kappa shape index (κ1) is 17.3. The number of sulfonamides is 1. The van der Waals surface area contributed by atoms with Gasteiger partial charge in [0, 0.05) is 18.7 Å². The van der Waals surface area contributed by atoms with Gasteiger partial charge in [-0.2, -0.15) is 9.52 Å². The Kier molecular flexibility index (Phi) is 4.63. The second-order valence-corrected chi connectivity index (χ2v) is 9.14. The number of nitrogens with zero attached hydrogens (tertiary/aromatic N) is 4.